The number of piperidine rings is 1. The number of hydrogen-bond acceptors (Lipinski definition) is 3. The van der Waals surface area contributed by atoms with Gasteiger partial charge in [-0.1, -0.05) is 50.6 Å². The predicted octanol–water partition coefficient (Wildman–Crippen LogP) is 5.43. The van der Waals surface area contributed by atoms with Gasteiger partial charge in [0.1, 0.15) is 5.75 Å². The Morgan fingerprint density at radius 1 is 1.13 bits per heavy atom. The fourth-order valence-corrected chi connectivity index (χ4v) is 3.97. The Bertz CT molecular complexity index is 850. The number of rotatable bonds is 6. The van der Waals surface area contributed by atoms with Crippen molar-refractivity contribution in [1.29, 1.82) is 0 Å². The van der Waals surface area contributed by atoms with Gasteiger partial charge in [-0.2, -0.15) is 0 Å². The van der Waals surface area contributed by atoms with Crippen molar-refractivity contribution in [2.24, 2.45) is 0 Å². The second kappa shape index (κ2) is 9.84. The van der Waals surface area contributed by atoms with Gasteiger partial charge in [0.15, 0.2) is 0 Å². The third-order valence-corrected chi connectivity index (χ3v) is 5.95. The van der Waals surface area contributed by atoms with Gasteiger partial charge in [-0.25, -0.2) is 0 Å². The number of likely N-dealkylation sites (tertiary alicyclic amines) is 1. The van der Waals surface area contributed by atoms with Crippen LogP contribution in [0.2, 0.25) is 5.02 Å². The van der Waals surface area contributed by atoms with Crippen LogP contribution in [0.3, 0.4) is 0 Å². The summed E-state index contributed by atoms with van der Waals surface area (Å²) in [5.41, 5.74) is 3.26. The van der Waals surface area contributed by atoms with Gasteiger partial charge < -0.3 is 10.1 Å². The average molecular weight is 429 g/mol. The first-order valence-electron chi connectivity index (χ1n) is 10.8. The summed E-state index contributed by atoms with van der Waals surface area (Å²) in [4.78, 5) is 15.0. The monoisotopic (exact) mass is 428 g/mol. The number of benzene rings is 2. The molecule has 1 aliphatic rings. The Hall–Kier alpha value is -2.04. The summed E-state index contributed by atoms with van der Waals surface area (Å²) in [5.74, 6) is 0.768. The molecule has 1 heterocycles. The van der Waals surface area contributed by atoms with Crippen molar-refractivity contribution in [1.82, 2.24) is 10.2 Å². The number of carbonyl (C=O) groups is 1. The Kier molecular flexibility index (Phi) is 7.43. The first-order valence-corrected chi connectivity index (χ1v) is 11.2. The first-order chi connectivity index (χ1) is 14.3. The molecule has 0 aliphatic carbocycles. The van der Waals surface area contributed by atoms with E-state index in [1.165, 1.54) is 11.1 Å². The van der Waals surface area contributed by atoms with Crippen LogP contribution in [0, 0.1) is 0 Å². The lowest BCUT2D eigenvalue weighted by Gasteiger charge is -2.32. The molecule has 1 fully saturated rings. The molecule has 0 radical (unpaired) electrons. The smallest absolute Gasteiger partial charge is 0.251 e. The molecule has 4 nitrogen and oxygen atoms in total. The standard InChI is InChI=1S/C25H33ClN2O2/c1-5-30-23-16-18(6-11-22(23)26)17-28-14-12-21(13-15-28)27-24(29)19-7-9-20(10-8-19)25(2,3)4/h6-11,16,21H,5,12-15,17H2,1-4H3,(H,27,29). The van der Waals surface area contributed by atoms with Crippen molar-refractivity contribution >= 4 is 17.5 Å². The number of amides is 1. The largest absolute Gasteiger partial charge is 0.492 e. The second-order valence-corrected chi connectivity index (χ2v) is 9.46. The molecule has 162 valence electrons. The molecule has 1 aliphatic heterocycles. The summed E-state index contributed by atoms with van der Waals surface area (Å²) in [6, 6.07) is 14.2. The van der Waals surface area contributed by atoms with Crippen LogP contribution in [0.5, 0.6) is 5.75 Å². The first kappa shape index (κ1) is 22.6. The van der Waals surface area contributed by atoms with Crippen molar-refractivity contribution in [3.8, 4) is 5.75 Å². The fourth-order valence-electron chi connectivity index (χ4n) is 3.80. The van der Waals surface area contributed by atoms with Gasteiger partial charge in [-0.15, -0.1) is 0 Å². The number of nitrogens with zero attached hydrogens (tertiary/aromatic N) is 1. The molecule has 0 atom stereocenters. The van der Waals surface area contributed by atoms with Crippen LogP contribution >= 0.6 is 11.6 Å². The maximum Gasteiger partial charge on any atom is 0.251 e. The van der Waals surface area contributed by atoms with Gasteiger partial charge in [-0.05, 0) is 60.6 Å². The van der Waals surface area contributed by atoms with Crippen LogP contribution < -0.4 is 10.1 Å². The molecule has 2 aromatic rings. The Morgan fingerprint density at radius 3 is 2.40 bits per heavy atom. The second-order valence-electron chi connectivity index (χ2n) is 9.05. The molecule has 0 spiro atoms. The zero-order valence-electron chi connectivity index (χ0n) is 18.5. The summed E-state index contributed by atoms with van der Waals surface area (Å²) in [6.07, 6.45) is 1.91. The maximum atomic E-state index is 12.6. The molecule has 0 aromatic heterocycles. The van der Waals surface area contributed by atoms with Crippen LogP contribution in [0.15, 0.2) is 42.5 Å². The van der Waals surface area contributed by atoms with E-state index in [2.05, 4.69) is 49.2 Å². The minimum atomic E-state index is 0.0213. The lowest BCUT2D eigenvalue weighted by Crippen LogP contribution is -2.44. The molecular weight excluding hydrogens is 396 g/mol. The minimum Gasteiger partial charge on any atom is -0.492 e. The Balaban J connectivity index is 1.50. The van der Waals surface area contributed by atoms with Crippen LogP contribution in [0.25, 0.3) is 0 Å². The molecule has 1 saturated heterocycles. The van der Waals surface area contributed by atoms with E-state index in [1.54, 1.807) is 0 Å². The van der Waals surface area contributed by atoms with Gasteiger partial charge in [0.2, 0.25) is 0 Å². The summed E-state index contributed by atoms with van der Waals surface area (Å²) in [7, 11) is 0. The molecule has 0 saturated carbocycles. The number of hydrogen-bond donors (Lipinski definition) is 1. The van der Waals surface area contributed by atoms with Crippen LogP contribution in [0.1, 0.15) is 62.0 Å². The highest BCUT2D eigenvalue weighted by molar-refractivity contribution is 6.32. The van der Waals surface area contributed by atoms with Gasteiger partial charge in [0.05, 0.1) is 11.6 Å². The van der Waals surface area contributed by atoms with E-state index in [1.807, 2.05) is 31.2 Å². The van der Waals surface area contributed by atoms with Gasteiger partial charge in [0.25, 0.3) is 5.91 Å². The van der Waals surface area contributed by atoms with Crippen LogP contribution in [-0.4, -0.2) is 36.5 Å². The predicted molar refractivity (Wildman–Crippen MR) is 124 cm³/mol. The van der Waals surface area contributed by atoms with Crippen LogP contribution in [-0.2, 0) is 12.0 Å². The molecule has 3 rings (SSSR count). The van der Waals surface area contributed by atoms with Gasteiger partial charge in [-0.3, -0.25) is 9.69 Å². The van der Waals surface area contributed by atoms with E-state index in [0.29, 0.717) is 11.6 Å². The highest BCUT2D eigenvalue weighted by Gasteiger charge is 2.22. The Labute approximate surface area is 185 Å². The number of halogens is 1. The van der Waals surface area contributed by atoms with E-state index >= 15 is 0 Å². The van der Waals surface area contributed by atoms with Crippen molar-refractivity contribution in [2.75, 3.05) is 19.7 Å². The molecule has 5 heteroatoms. The molecule has 2 aromatic carbocycles. The normalized spacial score (nSPS) is 15.8. The molecule has 0 bridgehead atoms. The molecular formula is C25H33ClN2O2. The average Bonchev–Trinajstić information content (AvgIpc) is 2.71. The van der Waals surface area contributed by atoms with E-state index < -0.39 is 0 Å². The highest BCUT2D eigenvalue weighted by Crippen LogP contribution is 2.27. The molecule has 0 unspecified atom stereocenters. The van der Waals surface area contributed by atoms with Crippen molar-refractivity contribution in [2.45, 2.75) is 58.5 Å². The summed E-state index contributed by atoms with van der Waals surface area (Å²) in [6.45, 7) is 11.9. The van der Waals surface area contributed by atoms with Crippen molar-refractivity contribution < 1.29 is 9.53 Å². The molecule has 1 N–H and O–H groups in total. The Morgan fingerprint density at radius 2 is 1.80 bits per heavy atom. The SMILES string of the molecule is CCOc1cc(CN2CCC(NC(=O)c3ccc(C(C)(C)C)cc3)CC2)ccc1Cl. The van der Waals surface area contributed by atoms with E-state index in [4.69, 9.17) is 16.3 Å². The van der Waals surface area contributed by atoms with Gasteiger partial charge in [0, 0.05) is 31.2 Å². The van der Waals surface area contributed by atoms with Crippen molar-refractivity contribution in [3.05, 3.63) is 64.2 Å². The van der Waals surface area contributed by atoms with E-state index in [-0.39, 0.29) is 17.4 Å². The zero-order chi connectivity index (χ0) is 21.7. The number of nitrogens with one attached hydrogen (secondary N) is 1. The zero-order valence-corrected chi connectivity index (χ0v) is 19.3. The lowest BCUT2D eigenvalue weighted by molar-refractivity contribution is 0.0909. The van der Waals surface area contributed by atoms with E-state index in [0.717, 1.165) is 43.8 Å². The highest BCUT2D eigenvalue weighted by atomic mass is 35.5. The maximum absolute atomic E-state index is 12.6. The third kappa shape index (κ3) is 5.99. The minimum absolute atomic E-state index is 0.0213. The number of ether oxygens (including phenoxy) is 1. The quantitative estimate of drug-likeness (QED) is 0.666. The summed E-state index contributed by atoms with van der Waals surface area (Å²) < 4.78 is 5.60. The summed E-state index contributed by atoms with van der Waals surface area (Å²) >= 11 is 6.19. The molecule has 1 amide bonds. The topological polar surface area (TPSA) is 41.6 Å². The summed E-state index contributed by atoms with van der Waals surface area (Å²) in [5, 5.41) is 3.86. The number of carbonyl (C=O) groups excluding carboxylic acids is 1. The molecule has 30 heavy (non-hydrogen) atoms. The van der Waals surface area contributed by atoms with Gasteiger partial charge >= 0.3 is 0 Å². The third-order valence-electron chi connectivity index (χ3n) is 5.64. The fraction of sp³-hybridized carbons (Fsp3) is 0.480. The van der Waals surface area contributed by atoms with E-state index in [9.17, 15) is 4.79 Å². The van der Waals surface area contributed by atoms with Crippen molar-refractivity contribution in [3.63, 3.8) is 0 Å². The lowest BCUT2D eigenvalue weighted by atomic mass is 9.86. The van der Waals surface area contributed by atoms with Crippen LogP contribution in [0.4, 0.5) is 0 Å².